The van der Waals surface area contributed by atoms with E-state index in [9.17, 15) is 9.36 Å². The largest absolute Gasteiger partial charge is 0.697 e. The molecule has 1 saturated heterocycles. The van der Waals surface area contributed by atoms with Gasteiger partial charge < -0.3 is 19.0 Å². The molecule has 0 radical (unpaired) electrons. The lowest BCUT2D eigenvalue weighted by Crippen LogP contribution is -2.46. The maximum absolute atomic E-state index is 12.1. The highest BCUT2D eigenvalue weighted by molar-refractivity contribution is 7.33. The first kappa shape index (κ1) is 25.6. The lowest BCUT2D eigenvalue weighted by molar-refractivity contribution is -0.0441. The van der Waals surface area contributed by atoms with Crippen LogP contribution in [0.5, 0.6) is 0 Å². The SMILES string of the molecule is [C-]#[N+]CCO[P+](=O)OC[C@H]1O[C@@H](n2cnc3c(=O)[nH]cnc32)[C@H](O[Si](C)(C)C(C)(C)C)[C@@H]1C. The van der Waals surface area contributed by atoms with E-state index in [0.717, 1.165) is 0 Å². The van der Waals surface area contributed by atoms with Gasteiger partial charge in [-0.2, -0.15) is 0 Å². The van der Waals surface area contributed by atoms with Gasteiger partial charge in [-0.15, -0.1) is 9.05 Å². The third-order valence-electron chi connectivity index (χ3n) is 6.32. The van der Waals surface area contributed by atoms with Crippen LogP contribution in [0.4, 0.5) is 0 Å². The number of H-pyrrole nitrogens is 1. The van der Waals surface area contributed by atoms with Crippen molar-refractivity contribution in [1.82, 2.24) is 19.5 Å². The van der Waals surface area contributed by atoms with Crippen LogP contribution in [0.2, 0.25) is 18.1 Å². The number of hydrogen-bond acceptors (Lipinski definition) is 8. The summed E-state index contributed by atoms with van der Waals surface area (Å²) >= 11 is 0. The van der Waals surface area contributed by atoms with Crippen LogP contribution in [0.25, 0.3) is 16.0 Å². The Morgan fingerprint density at radius 2 is 2.06 bits per heavy atom. The second-order valence-corrected chi connectivity index (χ2v) is 15.3. The molecule has 11 nitrogen and oxygen atoms in total. The normalized spacial score (nSPS) is 24.2. The van der Waals surface area contributed by atoms with Crippen molar-refractivity contribution >= 4 is 27.7 Å². The molecule has 3 rings (SSSR count). The summed E-state index contributed by atoms with van der Waals surface area (Å²) in [7, 11) is -4.56. The van der Waals surface area contributed by atoms with Crippen LogP contribution in [0.15, 0.2) is 17.4 Å². The van der Waals surface area contributed by atoms with Gasteiger partial charge in [0.2, 0.25) is 6.54 Å². The Kier molecular flexibility index (Phi) is 7.83. The smallest absolute Gasteiger partial charge is 0.409 e. The lowest BCUT2D eigenvalue weighted by atomic mass is 10.0. The molecule has 2 aromatic rings. The predicted octanol–water partition coefficient (Wildman–Crippen LogP) is 3.65. The zero-order valence-corrected chi connectivity index (χ0v) is 21.7. The number of nitrogens with zero attached hydrogens (tertiary/aromatic N) is 4. The highest BCUT2D eigenvalue weighted by Gasteiger charge is 2.50. The Morgan fingerprint density at radius 1 is 1.33 bits per heavy atom. The number of hydrogen-bond donors (Lipinski definition) is 1. The zero-order chi connectivity index (χ0) is 24.4. The average molecular weight is 497 g/mol. The summed E-state index contributed by atoms with van der Waals surface area (Å²) in [6.07, 6.45) is 1.47. The Hall–Kier alpha value is -2.00. The van der Waals surface area contributed by atoms with Crippen molar-refractivity contribution in [2.75, 3.05) is 19.8 Å². The quantitative estimate of drug-likeness (QED) is 0.242. The maximum atomic E-state index is 12.1. The van der Waals surface area contributed by atoms with Gasteiger partial charge in [-0.3, -0.25) is 9.36 Å². The van der Waals surface area contributed by atoms with Gasteiger partial charge in [0.05, 0.1) is 24.9 Å². The molecular formula is C20H31N5O6PSi+. The monoisotopic (exact) mass is 496 g/mol. The van der Waals surface area contributed by atoms with E-state index >= 15 is 0 Å². The van der Waals surface area contributed by atoms with E-state index in [0.29, 0.717) is 5.65 Å². The van der Waals surface area contributed by atoms with E-state index < -0.39 is 28.9 Å². The fourth-order valence-corrected chi connectivity index (χ4v) is 5.27. The first-order valence-corrected chi connectivity index (χ1v) is 14.8. The molecule has 5 atom stereocenters. The Labute approximate surface area is 194 Å². The fraction of sp³-hybridized carbons (Fsp3) is 0.700. The number of rotatable bonds is 9. The van der Waals surface area contributed by atoms with Crippen LogP contribution in [0.1, 0.15) is 33.9 Å². The summed E-state index contributed by atoms with van der Waals surface area (Å²) in [6, 6.07) is 0. The molecule has 1 aliphatic rings. The van der Waals surface area contributed by atoms with Crippen molar-refractivity contribution in [2.24, 2.45) is 5.92 Å². The van der Waals surface area contributed by atoms with E-state index in [2.05, 4.69) is 53.7 Å². The van der Waals surface area contributed by atoms with Crippen LogP contribution in [-0.2, 0) is 22.8 Å². The van der Waals surface area contributed by atoms with Crippen LogP contribution >= 0.6 is 8.25 Å². The summed E-state index contributed by atoms with van der Waals surface area (Å²) in [5.41, 5.74) is 0.283. The van der Waals surface area contributed by atoms with Crippen LogP contribution < -0.4 is 5.56 Å². The van der Waals surface area contributed by atoms with E-state index in [1.54, 1.807) is 4.57 Å². The first-order valence-electron chi connectivity index (χ1n) is 10.8. The average Bonchev–Trinajstić information content (AvgIpc) is 3.28. The van der Waals surface area contributed by atoms with Crippen molar-refractivity contribution < 1.29 is 22.8 Å². The second kappa shape index (κ2) is 10.1. The van der Waals surface area contributed by atoms with Gasteiger partial charge in [0, 0.05) is 10.5 Å². The number of ether oxygens (including phenoxy) is 1. The molecule has 0 aromatic carbocycles. The molecule has 0 spiro atoms. The Morgan fingerprint density at radius 3 is 2.73 bits per heavy atom. The van der Waals surface area contributed by atoms with Crippen molar-refractivity contribution in [3.8, 4) is 0 Å². The number of aromatic amines is 1. The minimum absolute atomic E-state index is 0.0294. The van der Waals surface area contributed by atoms with Crippen molar-refractivity contribution in [3.63, 3.8) is 0 Å². The van der Waals surface area contributed by atoms with Gasteiger partial charge >= 0.3 is 8.25 Å². The van der Waals surface area contributed by atoms with Crippen LogP contribution in [-0.4, -0.2) is 59.8 Å². The maximum Gasteiger partial charge on any atom is 0.697 e. The molecule has 0 aliphatic carbocycles. The Balaban J connectivity index is 1.86. The minimum Gasteiger partial charge on any atom is -0.409 e. The van der Waals surface area contributed by atoms with Crippen molar-refractivity contribution in [3.05, 3.63) is 34.4 Å². The van der Waals surface area contributed by atoms with Crippen LogP contribution in [0.3, 0.4) is 0 Å². The number of imidazole rings is 1. The lowest BCUT2D eigenvalue weighted by Gasteiger charge is -2.40. The third kappa shape index (κ3) is 5.57. The van der Waals surface area contributed by atoms with E-state index in [4.69, 9.17) is 24.8 Å². The van der Waals surface area contributed by atoms with Gasteiger partial charge in [0.25, 0.3) is 5.56 Å². The summed E-state index contributed by atoms with van der Waals surface area (Å²) in [4.78, 5) is 26.3. The molecule has 1 aliphatic heterocycles. The van der Waals surface area contributed by atoms with Gasteiger partial charge in [-0.05, 0) is 18.1 Å². The van der Waals surface area contributed by atoms with E-state index in [-0.39, 0.29) is 47.9 Å². The van der Waals surface area contributed by atoms with Gasteiger partial charge in [-0.1, -0.05) is 27.7 Å². The third-order valence-corrected chi connectivity index (χ3v) is 11.5. The van der Waals surface area contributed by atoms with E-state index in [1.807, 2.05) is 6.92 Å². The first-order chi connectivity index (χ1) is 15.5. The molecule has 33 heavy (non-hydrogen) atoms. The molecule has 1 N–H and O–H groups in total. The minimum atomic E-state index is -2.36. The molecule has 0 saturated carbocycles. The van der Waals surface area contributed by atoms with Gasteiger partial charge in [0.15, 0.2) is 32.3 Å². The number of aromatic nitrogens is 4. The molecule has 1 unspecified atom stereocenters. The van der Waals surface area contributed by atoms with Gasteiger partial charge in [-0.25, -0.2) is 16.5 Å². The molecule has 3 heterocycles. The molecule has 180 valence electrons. The molecule has 13 heteroatoms. The Bertz CT molecular complexity index is 1090. The molecule has 0 bridgehead atoms. The summed E-state index contributed by atoms with van der Waals surface area (Å²) in [5, 5.41) is -0.0294. The topological polar surface area (TPSA) is 122 Å². The predicted molar refractivity (Wildman–Crippen MR) is 124 cm³/mol. The molecule has 0 amide bonds. The van der Waals surface area contributed by atoms with Crippen molar-refractivity contribution in [1.29, 1.82) is 0 Å². The summed E-state index contributed by atoms with van der Waals surface area (Å²) < 4.78 is 37.2. The summed E-state index contributed by atoms with van der Waals surface area (Å²) in [5.74, 6) is -0.116. The standard InChI is InChI=1S/C20H30N5O6PSi/c1-13-14(10-29-32(27)28-9-8-21-5)30-19(16(13)31-33(6,7)20(2,3)4)25-12-24-15-17(25)22-11-23-18(15)26/h11-14,16,19H,8-10H2,1-4,6-7H3/p+1/t13-,14-,16-,19-/m1/s1. The number of nitrogens with one attached hydrogen (secondary N) is 1. The highest BCUT2D eigenvalue weighted by atomic mass is 31.1. The zero-order valence-electron chi connectivity index (χ0n) is 19.8. The van der Waals surface area contributed by atoms with Crippen LogP contribution in [0, 0.1) is 12.5 Å². The van der Waals surface area contributed by atoms with E-state index in [1.165, 1.54) is 12.7 Å². The van der Waals surface area contributed by atoms with Crippen molar-refractivity contribution in [2.45, 2.75) is 64.3 Å². The number of fused-ring (bicyclic) bond motifs is 1. The molecular weight excluding hydrogens is 465 g/mol. The van der Waals surface area contributed by atoms with Gasteiger partial charge in [0.1, 0.15) is 6.61 Å². The molecule has 1 fully saturated rings. The second-order valence-electron chi connectivity index (χ2n) is 9.56. The molecule has 2 aromatic heterocycles. The highest BCUT2D eigenvalue weighted by Crippen LogP contribution is 2.44. The summed E-state index contributed by atoms with van der Waals surface area (Å²) in [6.45, 7) is 19.8. The fourth-order valence-electron chi connectivity index (χ4n) is 3.33.